The summed E-state index contributed by atoms with van der Waals surface area (Å²) >= 11 is 0. The molecule has 0 spiro atoms. The van der Waals surface area contributed by atoms with Gasteiger partial charge in [-0.25, -0.2) is 0 Å². The number of rotatable bonds is 5. The van der Waals surface area contributed by atoms with E-state index >= 15 is 0 Å². The van der Waals surface area contributed by atoms with Gasteiger partial charge in [-0.15, -0.1) is 0 Å². The molecule has 0 aliphatic heterocycles. The Hall–Kier alpha value is 0. The van der Waals surface area contributed by atoms with Crippen LogP contribution in [0.15, 0.2) is 0 Å². The third-order valence-electron chi connectivity index (χ3n) is 10.8. The van der Waals surface area contributed by atoms with Crippen molar-refractivity contribution in [3.8, 4) is 0 Å². The maximum atomic E-state index is 2.46. The Bertz CT molecular complexity index is 466. The van der Waals surface area contributed by atoms with Crippen molar-refractivity contribution in [1.29, 1.82) is 0 Å². The molecular weight excluding hydrogens is 372 g/mol. The smallest absolute Gasteiger partial charge is 0.0380 e. The van der Waals surface area contributed by atoms with Gasteiger partial charge in [0.1, 0.15) is 0 Å². The summed E-state index contributed by atoms with van der Waals surface area (Å²) in [6, 6.07) is 0. The Morgan fingerprint density at radius 1 is 0.387 bits per heavy atom. The van der Waals surface area contributed by atoms with Crippen LogP contribution >= 0.6 is 0 Å². The second-order valence-corrected chi connectivity index (χ2v) is 12.8. The van der Waals surface area contributed by atoms with Gasteiger partial charge in [0.2, 0.25) is 0 Å². The highest BCUT2D eigenvalue weighted by molar-refractivity contribution is 4.86. The molecule has 0 saturated heterocycles. The molecule has 0 amide bonds. The molecule has 0 N–H and O–H groups in total. The van der Waals surface area contributed by atoms with Gasteiger partial charge in [0.05, 0.1) is 0 Å². The molecule has 0 heterocycles. The summed E-state index contributed by atoms with van der Waals surface area (Å²) in [5, 5.41) is 0. The highest BCUT2D eigenvalue weighted by Crippen LogP contribution is 2.46. The van der Waals surface area contributed by atoms with Crippen molar-refractivity contribution in [2.75, 3.05) is 0 Å². The van der Waals surface area contributed by atoms with Gasteiger partial charge < -0.3 is 0 Å². The van der Waals surface area contributed by atoms with Crippen molar-refractivity contribution in [3.63, 3.8) is 0 Å². The van der Waals surface area contributed by atoms with E-state index in [1.165, 1.54) is 51.4 Å². The lowest BCUT2D eigenvalue weighted by Crippen LogP contribution is -2.30. The van der Waals surface area contributed by atoms with Crippen LogP contribution in [0.1, 0.15) is 155 Å². The molecule has 4 fully saturated rings. The Balaban J connectivity index is 1.28. The van der Waals surface area contributed by atoms with Gasteiger partial charge in [0.15, 0.2) is 0 Å². The molecule has 4 unspecified atom stereocenters. The Morgan fingerprint density at radius 2 is 0.871 bits per heavy atom. The Labute approximate surface area is 196 Å². The van der Waals surface area contributed by atoms with Gasteiger partial charge in [-0.05, 0) is 73.5 Å². The standard InChI is InChI=1S/C31H56/c1-2-25-17-20-28-13-9-4-3-5-10-14-30(24-31(28)23-25)29-21-18-27(19-22-29)16-15-26-11-7-6-8-12-26/h25-31H,2-24H2,1H3. The number of hydrogen-bond acceptors (Lipinski definition) is 0. The molecule has 0 heteroatoms. The lowest BCUT2D eigenvalue weighted by molar-refractivity contribution is 0.100. The van der Waals surface area contributed by atoms with E-state index < -0.39 is 0 Å². The molecule has 180 valence electrons. The highest BCUT2D eigenvalue weighted by Gasteiger charge is 2.35. The van der Waals surface area contributed by atoms with E-state index in [4.69, 9.17) is 0 Å². The zero-order chi connectivity index (χ0) is 21.3. The van der Waals surface area contributed by atoms with Crippen LogP contribution in [0.25, 0.3) is 0 Å². The molecule has 0 nitrogen and oxygen atoms in total. The lowest BCUT2D eigenvalue weighted by Gasteiger charge is -2.41. The number of hydrogen-bond donors (Lipinski definition) is 0. The largest absolute Gasteiger partial charge is 0.0651 e. The summed E-state index contributed by atoms with van der Waals surface area (Å²) in [6.45, 7) is 2.46. The highest BCUT2D eigenvalue weighted by atomic mass is 14.4. The predicted molar refractivity (Wildman–Crippen MR) is 136 cm³/mol. The molecule has 4 atom stereocenters. The molecule has 0 radical (unpaired) electrons. The van der Waals surface area contributed by atoms with Gasteiger partial charge >= 0.3 is 0 Å². The van der Waals surface area contributed by atoms with Crippen LogP contribution in [0.3, 0.4) is 0 Å². The Kier molecular flexibility index (Phi) is 10.1. The molecule has 31 heavy (non-hydrogen) atoms. The minimum Gasteiger partial charge on any atom is -0.0651 e. The van der Waals surface area contributed by atoms with Crippen LogP contribution in [-0.2, 0) is 0 Å². The van der Waals surface area contributed by atoms with Gasteiger partial charge in [-0.3, -0.25) is 0 Å². The summed E-state index contributed by atoms with van der Waals surface area (Å²) in [4.78, 5) is 0. The van der Waals surface area contributed by atoms with Crippen molar-refractivity contribution in [2.45, 2.75) is 155 Å². The first-order valence-electron chi connectivity index (χ1n) is 15.3. The first-order valence-corrected chi connectivity index (χ1v) is 15.3. The predicted octanol–water partition coefficient (Wildman–Crippen LogP) is 10.3. The van der Waals surface area contributed by atoms with Crippen LogP contribution in [-0.4, -0.2) is 0 Å². The van der Waals surface area contributed by atoms with Crippen molar-refractivity contribution in [2.24, 2.45) is 41.4 Å². The van der Waals surface area contributed by atoms with Crippen LogP contribution in [0, 0.1) is 41.4 Å². The van der Waals surface area contributed by atoms with Crippen LogP contribution in [0.2, 0.25) is 0 Å². The molecule has 4 saturated carbocycles. The molecule has 0 aromatic carbocycles. The number of fused-ring (bicyclic) bond motifs is 1. The van der Waals surface area contributed by atoms with Crippen molar-refractivity contribution < 1.29 is 0 Å². The fourth-order valence-corrected chi connectivity index (χ4v) is 8.64. The quantitative estimate of drug-likeness (QED) is 0.408. The summed E-state index contributed by atoms with van der Waals surface area (Å²) in [7, 11) is 0. The van der Waals surface area contributed by atoms with E-state index in [2.05, 4.69) is 6.92 Å². The third kappa shape index (κ3) is 7.50. The molecule has 0 aromatic rings. The fraction of sp³-hybridized carbons (Fsp3) is 1.00. The first kappa shape index (κ1) is 24.1. The minimum absolute atomic E-state index is 1.06. The van der Waals surface area contributed by atoms with E-state index in [0.29, 0.717) is 0 Å². The van der Waals surface area contributed by atoms with E-state index in [-0.39, 0.29) is 0 Å². The average Bonchev–Trinajstić information content (AvgIpc) is 2.87. The molecule has 0 aromatic heterocycles. The lowest BCUT2D eigenvalue weighted by atomic mass is 9.65. The summed E-state index contributed by atoms with van der Waals surface area (Å²) in [5.74, 6) is 7.61. The maximum absolute atomic E-state index is 2.46. The fourth-order valence-electron chi connectivity index (χ4n) is 8.64. The molecule has 4 aliphatic carbocycles. The third-order valence-corrected chi connectivity index (χ3v) is 10.8. The van der Waals surface area contributed by atoms with Crippen LogP contribution < -0.4 is 0 Å². The zero-order valence-electron chi connectivity index (χ0n) is 21.3. The molecule has 0 bridgehead atoms. The average molecular weight is 429 g/mol. The van der Waals surface area contributed by atoms with E-state index in [1.807, 2.05) is 0 Å². The molecule has 4 aliphatic rings. The van der Waals surface area contributed by atoms with Crippen molar-refractivity contribution >= 4 is 0 Å². The Morgan fingerprint density at radius 3 is 1.55 bits per heavy atom. The normalized spacial score (nSPS) is 39.4. The summed E-state index contributed by atoms with van der Waals surface area (Å²) in [5.41, 5.74) is 0. The second-order valence-electron chi connectivity index (χ2n) is 12.8. The monoisotopic (exact) mass is 428 g/mol. The van der Waals surface area contributed by atoms with Gasteiger partial charge in [-0.1, -0.05) is 122 Å². The van der Waals surface area contributed by atoms with Crippen molar-refractivity contribution in [1.82, 2.24) is 0 Å². The SMILES string of the molecule is CCC1CCC2CCCCCCCC(C3CCC(CCC4CCCCC4)CC3)CC2C1. The first-order chi connectivity index (χ1) is 15.3. The van der Waals surface area contributed by atoms with E-state index in [1.54, 1.807) is 96.3 Å². The topological polar surface area (TPSA) is 0 Å². The second kappa shape index (κ2) is 13.0. The van der Waals surface area contributed by atoms with Crippen LogP contribution in [0.5, 0.6) is 0 Å². The van der Waals surface area contributed by atoms with Gasteiger partial charge in [-0.2, -0.15) is 0 Å². The van der Waals surface area contributed by atoms with E-state index in [0.717, 1.165) is 41.4 Å². The summed E-state index contributed by atoms with van der Waals surface area (Å²) < 4.78 is 0. The van der Waals surface area contributed by atoms with E-state index in [9.17, 15) is 0 Å². The molecular formula is C31H56. The summed E-state index contributed by atoms with van der Waals surface area (Å²) in [6.07, 6.45) is 35.8. The minimum atomic E-state index is 1.06. The van der Waals surface area contributed by atoms with Crippen LogP contribution in [0.4, 0.5) is 0 Å². The van der Waals surface area contributed by atoms with Crippen molar-refractivity contribution in [3.05, 3.63) is 0 Å². The zero-order valence-corrected chi connectivity index (χ0v) is 21.3. The van der Waals surface area contributed by atoms with Gasteiger partial charge in [0.25, 0.3) is 0 Å². The maximum Gasteiger partial charge on any atom is -0.0380 e. The molecule has 4 rings (SSSR count). The van der Waals surface area contributed by atoms with Gasteiger partial charge in [0, 0.05) is 0 Å².